The van der Waals surface area contributed by atoms with Crippen LogP contribution in [0.4, 0.5) is 0 Å². The lowest BCUT2D eigenvalue weighted by molar-refractivity contribution is 0.766. The maximum Gasteiger partial charge on any atom is -0.0187 e. The molecule has 0 N–H and O–H groups in total. The lowest BCUT2D eigenvalue weighted by Gasteiger charge is -2.03. The van der Waals surface area contributed by atoms with E-state index in [4.69, 9.17) is 0 Å². The van der Waals surface area contributed by atoms with E-state index in [1.165, 1.54) is 24.0 Å². The topological polar surface area (TPSA) is 0 Å². The summed E-state index contributed by atoms with van der Waals surface area (Å²) in [6.45, 7) is 11.1. The van der Waals surface area contributed by atoms with Crippen LogP contribution in [0.5, 0.6) is 0 Å². The van der Waals surface area contributed by atoms with E-state index in [9.17, 15) is 0 Å². The molecule has 0 amide bonds. The van der Waals surface area contributed by atoms with Gasteiger partial charge in [-0.3, -0.25) is 0 Å². The summed E-state index contributed by atoms with van der Waals surface area (Å²) in [7, 11) is 0. The van der Waals surface area contributed by atoms with Gasteiger partial charge in [0.25, 0.3) is 0 Å². The highest BCUT2D eigenvalue weighted by atomic mass is 14.0. The average molecular weight is 166 g/mol. The van der Waals surface area contributed by atoms with Crippen molar-refractivity contribution < 1.29 is 0 Å². The summed E-state index contributed by atoms with van der Waals surface area (Å²) in [6.07, 6.45) is 3.60. The maximum atomic E-state index is 3.50. The molecule has 0 spiro atoms. The van der Waals surface area contributed by atoms with Gasteiger partial charge in [-0.1, -0.05) is 34.1 Å². The number of allylic oxidation sites excluding steroid dienone is 1. The highest BCUT2D eigenvalue weighted by molar-refractivity contribution is 5.08. The predicted octanol–water partition coefficient (Wildman–Crippen LogP) is 4.32. The molecular weight excluding hydrogens is 144 g/mol. The highest BCUT2D eigenvalue weighted by Gasteiger charge is 1.95. The normalized spacial score (nSPS) is 9.83. The lowest BCUT2D eigenvalue weighted by Crippen LogP contribution is -1.87. The average Bonchev–Trinajstić information content (AvgIpc) is 2.03. The van der Waals surface area contributed by atoms with E-state index in [1.807, 2.05) is 0 Å². The molecule has 0 fully saturated rings. The molecule has 0 aliphatic heterocycles. The number of hydrogen-bond donors (Lipinski definition) is 0. The summed E-state index contributed by atoms with van der Waals surface area (Å²) in [5.41, 5.74) is 6.37. The number of hydrogen-bond acceptors (Lipinski definition) is 0. The van der Waals surface area contributed by atoms with Gasteiger partial charge in [0.1, 0.15) is 0 Å². The molecule has 0 nitrogen and oxygen atoms in total. The molecule has 0 heterocycles. The van der Waals surface area contributed by atoms with E-state index in [2.05, 4.69) is 40.3 Å². The molecular formula is C12H22. The van der Waals surface area contributed by atoms with E-state index in [-0.39, 0.29) is 0 Å². The molecule has 12 heavy (non-hydrogen) atoms. The second-order valence-corrected chi connectivity index (χ2v) is 3.67. The quantitative estimate of drug-likeness (QED) is 0.545. The van der Waals surface area contributed by atoms with E-state index < -0.39 is 0 Å². The highest BCUT2D eigenvalue weighted by Crippen LogP contribution is 2.12. The predicted molar refractivity (Wildman–Crippen MR) is 56.3 cm³/mol. The fourth-order valence-electron chi connectivity index (χ4n) is 1.05. The molecule has 0 heteroatoms. The molecule has 0 aromatic rings. The Kier molecular flexibility index (Phi) is 5.84. The Hall–Kier alpha value is -0.480. The van der Waals surface area contributed by atoms with Crippen LogP contribution in [0, 0.1) is 5.92 Å². The van der Waals surface area contributed by atoms with Crippen LogP contribution in [0.2, 0.25) is 0 Å². The minimum atomic E-state index is 0.642. The van der Waals surface area contributed by atoms with Crippen molar-refractivity contribution in [3.8, 4) is 0 Å². The standard InChI is InChI=1S/C12H22/c1-6-8-12(7-2)9-11(5)10(3)4/h10H,6-8H2,1-5H3. The zero-order valence-corrected chi connectivity index (χ0v) is 9.20. The van der Waals surface area contributed by atoms with Crippen molar-refractivity contribution in [2.75, 3.05) is 0 Å². The Balaban J connectivity index is 4.52. The van der Waals surface area contributed by atoms with Gasteiger partial charge >= 0.3 is 0 Å². The molecule has 0 radical (unpaired) electrons. The summed E-state index contributed by atoms with van der Waals surface area (Å²) >= 11 is 0. The number of rotatable bonds is 4. The van der Waals surface area contributed by atoms with Gasteiger partial charge in [0.05, 0.1) is 0 Å². The third kappa shape index (κ3) is 4.41. The van der Waals surface area contributed by atoms with E-state index in [0.29, 0.717) is 5.92 Å². The smallest absolute Gasteiger partial charge is 0.0187 e. The second-order valence-electron chi connectivity index (χ2n) is 3.67. The van der Waals surface area contributed by atoms with Crippen molar-refractivity contribution >= 4 is 0 Å². The van der Waals surface area contributed by atoms with Crippen LogP contribution in [0.1, 0.15) is 53.9 Å². The van der Waals surface area contributed by atoms with Crippen LogP contribution in [-0.4, -0.2) is 0 Å². The van der Waals surface area contributed by atoms with Crippen LogP contribution in [0.25, 0.3) is 0 Å². The Morgan fingerprint density at radius 1 is 1.25 bits per heavy atom. The first-order valence-corrected chi connectivity index (χ1v) is 5.06. The lowest BCUT2D eigenvalue weighted by atomic mass is 10.0. The van der Waals surface area contributed by atoms with Crippen molar-refractivity contribution in [2.45, 2.75) is 53.9 Å². The molecule has 70 valence electrons. The first kappa shape index (κ1) is 11.5. The van der Waals surface area contributed by atoms with Gasteiger partial charge in [0.2, 0.25) is 0 Å². The van der Waals surface area contributed by atoms with Crippen LogP contribution in [0.3, 0.4) is 0 Å². The Labute approximate surface area is 77.4 Å². The van der Waals surface area contributed by atoms with E-state index >= 15 is 0 Å². The molecule has 0 aliphatic rings. The van der Waals surface area contributed by atoms with Crippen molar-refractivity contribution in [3.63, 3.8) is 0 Å². The molecule has 0 bridgehead atoms. The second kappa shape index (κ2) is 6.08. The molecule has 0 saturated carbocycles. The Morgan fingerprint density at radius 3 is 2.17 bits per heavy atom. The fourth-order valence-corrected chi connectivity index (χ4v) is 1.05. The minimum absolute atomic E-state index is 0.642. The molecule has 0 rings (SSSR count). The van der Waals surface area contributed by atoms with Crippen molar-refractivity contribution in [2.24, 2.45) is 5.92 Å². The molecule has 0 aromatic heterocycles. The van der Waals surface area contributed by atoms with Crippen molar-refractivity contribution in [1.82, 2.24) is 0 Å². The molecule has 0 unspecified atom stereocenters. The van der Waals surface area contributed by atoms with Gasteiger partial charge in [0, 0.05) is 0 Å². The fraction of sp³-hybridized carbons (Fsp3) is 0.750. The minimum Gasteiger partial charge on any atom is -0.123 e. The SMILES string of the molecule is CCCC(=C=C(C)C(C)C)CC. The first-order chi connectivity index (χ1) is 5.61. The molecule has 0 atom stereocenters. The molecule has 0 saturated heterocycles. The Bertz CT molecular complexity index is 178. The molecule has 0 aromatic carbocycles. The summed E-state index contributed by atoms with van der Waals surface area (Å²) in [5.74, 6) is 0.642. The van der Waals surface area contributed by atoms with Gasteiger partial charge < -0.3 is 0 Å². The Morgan fingerprint density at radius 2 is 1.83 bits per heavy atom. The third-order valence-corrected chi connectivity index (χ3v) is 2.22. The van der Waals surface area contributed by atoms with Crippen LogP contribution in [-0.2, 0) is 0 Å². The van der Waals surface area contributed by atoms with Gasteiger partial charge in [-0.25, -0.2) is 0 Å². The summed E-state index contributed by atoms with van der Waals surface area (Å²) in [6, 6.07) is 0. The van der Waals surface area contributed by atoms with Crippen LogP contribution < -0.4 is 0 Å². The zero-order valence-electron chi connectivity index (χ0n) is 9.20. The van der Waals surface area contributed by atoms with Gasteiger partial charge in [0.15, 0.2) is 0 Å². The van der Waals surface area contributed by atoms with E-state index in [1.54, 1.807) is 0 Å². The van der Waals surface area contributed by atoms with Crippen LogP contribution in [0.15, 0.2) is 16.9 Å². The largest absolute Gasteiger partial charge is 0.123 e. The summed E-state index contributed by atoms with van der Waals surface area (Å²) in [4.78, 5) is 0. The van der Waals surface area contributed by atoms with Gasteiger partial charge in [-0.05, 0) is 36.8 Å². The summed E-state index contributed by atoms with van der Waals surface area (Å²) < 4.78 is 0. The third-order valence-electron chi connectivity index (χ3n) is 2.22. The van der Waals surface area contributed by atoms with Gasteiger partial charge in [-0.15, -0.1) is 5.73 Å². The molecule has 0 aliphatic carbocycles. The van der Waals surface area contributed by atoms with Gasteiger partial charge in [-0.2, -0.15) is 0 Å². The van der Waals surface area contributed by atoms with Crippen molar-refractivity contribution in [3.05, 3.63) is 16.9 Å². The summed E-state index contributed by atoms with van der Waals surface area (Å²) in [5, 5.41) is 0. The van der Waals surface area contributed by atoms with Crippen molar-refractivity contribution in [1.29, 1.82) is 0 Å². The maximum absolute atomic E-state index is 3.50. The monoisotopic (exact) mass is 166 g/mol. The van der Waals surface area contributed by atoms with Crippen LogP contribution >= 0.6 is 0 Å². The first-order valence-electron chi connectivity index (χ1n) is 5.06. The zero-order chi connectivity index (χ0) is 9.56. The van der Waals surface area contributed by atoms with E-state index in [0.717, 1.165) is 6.42 Å².